The molecule has 0 nitrogen and oxygen atoms in total. The van der Waals surface area contributed by atoms with Crippen molar-refractivity contribution in [3.63, 3.8) is 0 Å². The van der Waals surface area contributed by atoms with E-state index in [4.69, 9.17) is 0 Å². The van der Waals surface area contributed by atoms with Crippen molar-refractivity contribution in [1.29, 1.82) is 0 Å². The molecule has 0 aromatic rings. The molecule has 90 valence electrons. The van der Waals surface area contributed by atoms with Crippen LogP contribution in [0.3, 0.4) is 0 Å². The molecular formula is C12H30S2. The second-order valence-corrected chi connectivity index (χ2v) is 14.9. The van der Waals surface area contributed by atoms with Gasteiger partial charge in [-0.2, -0.15) is 0 Å². The molecule has 0 heterocycles. The van der Waals surface area contributed by atoms with E-state index in [1.165, 1.54) is 11.5 Å². The van der Waals surface area contributed by atoms with Gasteiger partial charge in [0.25, 0.3) is 0 Å². The van der Waals surface area contributed by atoms with Gasteiger partial charge in [-0.3, -0.25) is 0 Å². The lowest BCUT2D eigenvalue weighted by molar-refractivity contribution is 1.07. The third-order valence-corrected chi connectivity index (χ3v) is 11.6. The lowest BCUT2D eigenvalue weighted by Gasteiger charge is -2.43. The van der Waals surface area contributed by atoms with Gasteiger partial charge in [-0.25, -0.2) is 20.1 Å². The van der Waals surface area contributed by atoms with Crippen molar-refractivity contribution in [1.82, 2.24) is 0 Å². The Hall–Kier alpha value is 0.700. The molecule has 2 heteroatoms. The highest BCUT2D eigenvalue weighted by Gasteiger charge is 2.22. The van der Waals surface area contributed by atoms with Crippen LogP contribution in [-0.2, 0) is 0 Å². The Morgan fingerprint density at radius 3 is 1.00 bits per heavy atom. The standard InChI is InChI=1S/C12H30S2/c1-11(2)13(5,6)9-10-14(7,8)12(3)4/h11-12H,9-10H2,1-8H3. The van der Waals surface area contributed by atoms with E-state index < -0.39 is 0 Å². The van der Waals surface area contributed by atoms with Gasteiger partial charge in [0.05, 0.1) is 0 Å². The first-order chi connectivity index (χ1) is 6.09. The third kappa shape index (κ3) is 4.48. The molecule has 0 rings (SSSR count). The summed E-state index contributed by atoms with van der Waals surface area (Å²) in [4.78, 5) is 0. The van der Waals surface area contributed by atoms with E-state index in [0.717, 1.165) is 10.5 Å². The predicted octanol–water partition coefficient (Wildman–Crippen LogP) is 3.93. The minimum Gasteiger partial charge on any atom is -0.244 e. The van der Waals surface area contributed by atoms with E-state index in [-0.39, 0.29) is 20.1 Å². The number of hydrogen-bond donors (Lipinski definition) is 0. The molecule has 0 atom stereocenters. The van der Waals surface area contributed by atoms with Crippen molar-refractivity contribution in [3.05, 3.63) is 0 Å². The summed E-state index contributed by atoms with van der Waals surface area (Å²) in [5, 5.41) is 1.76. The maximum atomic E-state index is 2.49. The summed E-state index contributed by atoms with van der Waals surface area (Å²) in [5.74, 6) is 2.93. The molecule has 0 fully saturated rings. The van der Waals surface area contributed by atoms with Crippen LogP contribution in [-0.4, -0.2) is 47.0 Å². The summed E-state index contributed by atoms with van der Waals surface area (Å²) in [6, 6.07) is 0. The molecule has 0 radical (unpaired) electrons. The van der Waals surface area contributed by atoms with Crippen LogP contribution in [0.15, 0.2) is 0 Å². The maximum absolute atomic E-state index is 2.49. The van der Waals surface area contributed by atoms with Crippen LogP contribution in [0.4, 0.5) is 0 Å². The lowest BCUT2D eigenvalue weighted by Crippen LogP contribution is -2.21. The van der Waals surface area contributed by atoms with Crippen molar-refractivity contribution >= 4 is 20.1 Å². The van der Waals surface area contributed by atoms with Crippen LogP contribution >= 0.6 is 20.1 Å². The first kappa shape index (κ1) is 14.7. The fourth-order valence-electron chi connectivity index (χ4n) is 0.901. The smallest absolute Gasteiger partial charge is 0.0154 e. The minimum atomic E-state index is -0.344. The van der Waals surface area contributed by atoms with E-state index in [0.29, 0.717) is 0 Å². The second kappa shape index (κ2) is 5.16. The summed E-state index contributed by atoms with van der Waals surface area (Å²) in [7, 11) is -0.688. The molecule has 0 N–H and O–H groups in total. The SMILES string of the molecule is CC(C)S(C)(C)CCS(C)(C)C(C)C. The van der Waals surface area contributed by atoms with Crippen LogP contribution in [0.25, 0.3) is 0 Å². The normalized spacial score (nSPS) is 16.4. The van der Waals surface area contributed by atoms with E-state index in [2.05, 4.69) is 52.7 Å². The molecule has 0 unspecified atom stereocenters. The molecule has 0 aromatic carbocycles. The van der Waals surface area contributed by atoms with Gasteiger partial charge in [-0.15, -0.1) is 0 Å². The summed E-state index contributed by atoms with van der Waals surface area (Å²) in [6.07, 6.45) is 9.97. The Balaban J connectivity index is 4.18. The van der Waals surface area contributed by atoms with Crippen molar-refractivity contribution in [2.45, 2.75) is 38.2 Å². The van der Waals surface area contributed by atoms with E-state index in [9.17, 15) is 0 Å². The largest absolute Gasteiger partial charge is 0.244 e. The quantitative estimate of drug-likeness (QED) is 0.681. The van der Waals surface area contributed by atoms with Gasteiger partial charge in [0.1, 0.15) is 0 Å². The van der Waals surface area contributed by atoms with Gasteiger partial charge < -0.3 is 0 Å². The van der Waals surface area contributed by atoms with Crippen LogP contribution in [0.2, 0.25) is 0 Å². The van der Waals surface area contributed by atoms with Crippen molar-refractivity contribution < 1.29 is 0 Å². The molecule has 0 bridgehead atoms. The van der Waals surface area contributed by atoms with Crippen LogP contribution < -0.4 is 0 Å². The zero-order valence-corrected chi connectivity index (χ0v) is 13.0. The zero-order valence-electron chi connectivity index (χ0n) is 11.4. The van der Waals surface area contributed by atoms with Crippen LogP contribution in [0.1, 0.15) is 27.7 Å². The van der Waals surface area contributed by atoms with Crippen molar-refractivity contribution in [2.75, 3.05) is 36.5 Å². The summed E-state index contributed by atoms with van der Waals surface area (Å²) >= 11 is 0. The highest BCUT2D eigenvalue weighted by molar-refractivity contribution is 8.36. The molecule has 0 saturated heterocycles. The average molecular weight is 239 g/mol. The molecule has 0 aliphatic heterocycles. The van der Waals surface area contributed by atoms with Crippen LogP contribution in [0, 0.1) is 0 Å². The lowest BCUT2D eigenvalue weighted by atomic mass is 10.6. The molecule has 14 heavy (non-hydrogen) atoms. The van der Waals surface area contributed by atoms with Crippen molar-refractivity contribution in [2.24, 2.45) is 0 Å². The van der Waals surface area contributed by atoms with Gasteiger partial charge in [0, 0.05) is 0 Å². The molecule has 0 spiro atoms. The minimum absolute atomic E-state index is 0.344. The van der Waals surface area contributed by atoms with Crippen molar-refractivity contribution in [3.8, 4) is 0 Å². The van der Waals surface area contributed by atoms with Gasteiger partial charge in [0.15, 0.2) is 0 Å². The van der Waals surface area contributed by atoms with E-state index >= 15 is 0 Å². The predicted molar refractivity (Wildman–Crippen MR) is 78.9 cm³/mol. The van der Waals surface area contributed by atoms with Gasteiger partial charge in [-0.05, 0) is 47.0 Å². The Bertz CT molecular complexity index is 149. The van der Waals surface area contributed by atoms with Gasteiger partial charge in [0.2, 0.25) is 0 Å². The summed E-state index contributed by atoms with van der Waals surface area (Å²) in [6.45, 7) is 9.53. The molecule has 0 aromatic heterocycles. The summed E-state index contributed by atoms with van der Waals surface area (Å²) < 4.78 is 0. The zero-order chi connectivity index (χ0) is 11.6. The molecule has 0 aliphatic rings. The van der Waals surface area contributed by atoms with Crippen LogP contribution in [0.5, 0.6) is 0 Å². The molecule has 0 saturated carbocycles. The monoisotopic (exact) mass is 238 g/mol. The topological polar surface area (TPSA) is 0 Å². The Morgan fingerprint density at radius 2 is 0.857 bits per heavy atom. The molecular weight excluding hydrogens is 208 g/mol. The maximum Gasteiger partial charge on any atom is -0.0154 e. The van der Waals surface area contributed by atoms with Gasteiger partial charge >= 0.3 is 0 Å². The van der Waals surface area contributed by atoms with E-state index in [1.54, 1.807) is 0 Å². The first-order valence-electron chi connectivity index (χ1n) is 5.49. The first-order valence-corrected chi connectivity index (χ1v) is 10.9. The average Bonchev–Trinajstić information content (AvgIpc) is 2.01. The Morgan fingerprint density at radius 1 is 0.643 bits per heavy atom. The van der Waals surface area contributed by atoms with E-state index in [1.807, 2.05) is 0 Å². The van der Waals surface area contributed by atoms with Gasteiger partial charge in [-0.1, -0.05) is 27.7 Å². The fraction of sp³-hybridized carbons (Fsp3) is 1.00. The highest BCUT2D eigenvalue weighted by atomic mass is 32.3. The summed E-state index contributed by atoms with van der Waals surface area (Å²) in [5.41, 5.74) is 0. The Kier molecular flexibility index (Phi) is 5.41. The fourth-order valence-corrected chi connectivity index (χ4v) is 5.28. The molecule has 0 amide bonds. The number of rotatable bonds is 5. The Labute approximate surface area is 94.9 Å². The number of hydrogen-bond acceptors (Lipinski definition) is 0. The second-order valence-electron chi connectivity index (χ2n) is 5.75. The molecule has 0 aliphatic carbocycles. The third-order valence-electron chi connectivity index (χ3n) is 3.69. The highest BCUT2D eigenvalue weighted by Crippen LogP contribution is 2.51.